The number of rotatable bonds is 16. The molecule has 0 amide bonds. The van der Waals surface area contributed by atoms with E-state index in [2.05, 4.69) is 28.7 Å². The largest absolute Gasteiger partial charge is 0.457 e. The number of benzene rings is 2. The van der Waals surface area contributed by atoms with E-state index in [1.54, 1.807) is 24.3 Å². The lowest BCUT2D eigenvalue weighted by atomic mass is 10.1. The van der Waals surface area contributed by atoms with Gasteiger partial charge in [0, 0.05) is 24.5 Å². The van der Waals surface area contributed by atoms with Crippen LogP contribution in [-0.4, -0.2) is 27.3 Å². The average molecular weight is 501 g/mol. The zero-order valence-electron chi connectivity index (χ0n) is 21.5. The Balaban J connectivity index is 1.34. The van der Waals surface area contributed by atoms with Crippen LogP contribution < -0.4 is 14.4 Å². The predicted molar refractivity (Wildman–Crippen MR) is 148 cm³/mol. The van der Waals surface area contributed by atoms with Gasteiger partial charge in [0.2, 0.25) is 10.0 Å². The molecule has 1 N–H and O–H groups in total. The number of anilines is 2. The Morgan fingerprint density at radius 3 is 1.80 bits per heavy atom. The first-order valence-electron chi connectivity index (χ1n) is 13.7. The van der Waals surface area contributed by atoms with Crippen LogP contribution in [0.1, 0.15) is 90.4 Å². The summed E-state index contributed by atoms with van der Waals surface area (Å²) in [5.74, 6) is 1.64. The van der Waals surface area contributed by atoms with E-state index >= 15 is 0 Å². The molecule has 5 nitrogen and oxygen atoms in total. The van der Waals surface area contributed by atoms with Gasteiger partial charge in [-0.2, -0.15) is 0 Å². The Bertz CT molecular complexity index is 937. The first-order chi connectivity index (χ1) is 17.1. The fraction of sp³-hybridized carbons (Fsp3) is 0.586. The number of ether oxygens (including phenoxy) is 1. The van der Waals surface area contributed by atoms with Gasteiger partial charge in [0.1, 0.15) is 11.5 Å². The third-order valence-electron chi connectivity index (χ3n) is 6.69. The number of sulfonamides is 1. The van der Waals surface area contributed by atoms with E-state index in [4.69, 9.17) is 4.74 Å². The van der Waals surface area contributed by atoms with Gasteiger partial charge in [-0.3, -0.25) is 4.72 Å². The molecule has 6 heteroatoms. The molecule has 1 aliphatic rings. The summed E-state index contributed by atoms with van der Waals surface area (Å²) < 4.78 is 33.5. The van der Waals surface area contributed by atoms with Crippen molar-refractivity contribution >= 4 is 21.4 Å². The highest BCUT2D eigenvalue weighted by Gasteiger charge is 2.12. The van der Waals surface area contributed by atoms with Gasteiger partial charge in [-0.15, -0.1) is 0 Å². The van der Waals surface area contributed by atoms with E-state index in [0.717, 1.165) is 31.7 Å². The number of piperidine rings is 1. The molecule has 1 fully saturated rings. The maximum absolute atomic E-state index is 12.4. The molecule has 0 atom stereocenters. The van der Waals surface area contributed by atoms with Crippen LogP contribution in [0.4, 0.5) is 11.4 Å². The van der Waals surface area contributed by atoms with Crippen molar-refractivity contribution in [1.29, 1.82) is 0 Å². The molecule has 0 radical (unpaired) electrons. The second-order valence-electron chi connectivity index (χ2n) is 9.77. The van der Waals surface area contributed by atoms with Crippen LogP contribution in [0, 0.1) is 0 Å². The molecule has 194 valence electrons. The maximum Gasteiger partial charge on any atom is 0.232 e. The molecular weight excluding hydrogens is 456 g/mol. The first kappa shape index (κ1) is 27.4. The third kappa shape index (κ3) is 10.5. The van der Waals surface area contributed by atoms with Crippen molar-refractivity contribution in [3.63, 3.8) is 0 Å². The normalized spacial score (nSPS) is 14.1. The van der Waals surface area contributed by atoms with Crippen molar-refractivity contribution in [2.24, 2.45) is 0 Å². The Labute approximate surface area is 213 Å². The molecule has 0 unspecified atom stereocenters. The second-order valence-corrected chi connectivity index (χ2v) is 11.6. The van der Waals surface area contributed by atoms with Crippen molar-refractivity contribution < 1.29 is 13.2 Å². The van der Waals surface area contributed by atoms with E-state index < -0.39 is 10.0 Å². The lowest BCUT2D eigenvalue weighted by molar-refractivity contribution is 0.482. The highest BCUT2D eigenvalue weighted by atomic mass is 32.2. The summed E-state index contributed by atoms with van der Waals surface area (Å²) in [6.45, 7) is 4.48. The van der Waals surface area contributed by atoms with Gasteiger partial charge in [0.25, 0.3) is 0 Å². The van der Waals surface area contributed by atoms with Gasteiger partial charge in [0.15, 0.2) is 0 Å². The highest BCUT2D eigenvalue weighted by Crippen LogP contribution is 2.27. The van der Waals surface area contributed by atoms with Crippen LogP contribution in [0.2, 0.25) is 0 Å². The summed E-state index contributed by atoms with van der Waals surface area (Å²) in [5, 5.41) is 0. The van der Waals surface area contributed by atoms with Crippen molar-refractivity contribution in [1.82, 2.24) is 0 Å². The molecular formula is C29H44N2O3S. The van der Waals surface area contributed by atoms with Crippen LogP contribution in [-0.2, 0) is 10.0 Å². The van der Waals surface area contributed by atoms with Crippen molar-refractivity contribution in [2.45, 2.75) is 90.4 Å². The van der Waals surface area contributed by atoms with E-state index in [1.165, 1.54) is 69.9 Å². The average Bonchev–Trinajstić information content (AvgIpc) is 2.87. The monoisotopic (exact) mass is 500 g/mol. The molecule has 0 bridgehead atoms. The zero-order chi connectivity index (χ0) is 24.8. The van der Waals surface area contributed by atoms with Gasteiger partial charge < -0.3 is 9.64 Å². The minimum atomic E-state index is -3.33. The quantitative estimate of drug-likeness (QED) is 0.236. The summed E-state index contributed by atoms with van der Waals surface area (Å²) in [6, 6.07) is 15.3. The predicted octanol–water partition coefficient (Wildman–Crippen LogP) is 8.13. The summed E-state index contributed by atoms with van der Waals surface area (Å²) in [4.78, 5) is 2.42. The van der Waals surface area contributed by atoms with Gasteiger partial charge in [-0.25, -0.2) is 8.42 Å². The Hall–Kier alpha value is -2.21. The summed E-state index contributed by atoms with van der Waals surface area (Å²) >= 11 is 0. The molecule has 2 aromatic carbocycles. The summed E-state index contributed by atoms with van der Waals surface area (Å²) in [7, 11) is -3.33. The SMILES string of the molecule is CCCCCCCCCCCCS(=O)(=O)Nc1ccc(Oc2ccc(N3CCCCC3)cc2)cc1. The summed E-state index contributed by atoms with van der Waals surface area (Å²) in [6.07, 6.45) is 15.7. The highest BCUT2D eigenvalue weighted by molar-refractivity contribution is 7.92. The molecule has 1 saturated heterocycles. The van der Waals surface area contributed by atoms with Crippen LogP contribution in [0.5, 0.6) is 11.5 Å². The number of hydrogen-bond donors (Lipinski definition) is 1. The zero-order valence-corrected chi connectivity index (χ0v) is 22.3. The number of hydrogen-bond acceptors (Lipinski definition) is 4. The Morgan fingerprint density at radius 2 is 1.23 bits per heavy atom. The van der Waals surface area contributed by atoms with Gasteiger partial charge >= 0.3 is 0 Å². The smallest absolute Gasteiger partial charge is 0.232 e. The molecule has 0 aliphatic carbocycles. The molecule has 1 heterocycles. The van der Waals surface area contributed by atoms with Crippen LogP contribution in [0.3, 0.4) is 0 Å². The second kappa shape index (κ2) is 15.0. The molecule has 2 aromatic rings. The minimum absolute atomic E-state index is 0.172. The van der Waals surface area contributed by atoms with E-state index in [9.17, 15) is 8.42 Å². The number of unbranched alkanes of at least 4 members (excludes halogenated alkanes) is 9. The van der Waals surface area contributed by atoms with Gasteiger partial charge in [0.05, 0.1) is 5.75 Å². The minimum Gasteiger partial charge on any atom is -0.457 e. The molecule has 0 aromatic heterocycles. The maximum atomic E-state index is 12.4. The van der Waals surface area contributed by atoms with E-state index in [-0.39, 0.29) is 5.75 Å². The number of nitrogens with zero attached hydrogens (tertiary/aromatic N) is 1. The fourth-order valence-corrected chi connectivity index (χ4v) is 5.80. The topological polar surface area (TPSA) is 58.6 Å². The molecule has 1 aliphatic heterocycles. The van der Waals surface area contributed by atoms with Gasteiger partial charge in [-0.05, 0) is 74.2 Å². The fourth-order valence-electron chi connectivity index (χ4n) is 4.61. The molecule has 35 heavy (non-hydrogen) atoms. The molecule has 3 rings (SSSR count). The van der Waals surface area contributed by atoms with Crippen molar-refractivity contribution in [3.05, 3.63) is 48.5 Å². The first-order valence-corrected chi connectivity index (χ1v) is 15.3. The third-order valence-corrected chi connectivity index (χ3v) is 8.06. The molecule has 0 spiro atoms. The standard InChI is InChI=1S/C29H44N2O3S/c1-2-3-4-5-6-7-8-9-10-14-25-35(32,33)30-26-15-19-28(20-16-26)34-29-21-17-27(18-22-29)31-23-12-11-13-24-31/h15-22,30H,2-14,23-25H2,1H3. The van der Waals surface area contributed by atoms with Crippen LogP contribution in [0.25, 0.3) is 0 Å². The molecule has 0 saturated carbocycles. The van der Waals surface area contributed by atoms with Crippen LogP contribution in [0.15, 0.2) is 48.5 Å². The van der Waals surface area contributed by atoms with E-state index in [1.807, 2.05) is 12.1 Å². The van der Waals surface area contributed by atoms with Crippen molar-refractivity contribution in [3.8, 4) is 11.5 Å². The Morgan fingerprint density at radius 1 is 0.714 bits per heavy atom. The van der Waals surface area contributed by atoms with E-state index in [0.29, 0.717) is 17.9 Å². The van der Waals surface area contributed by atoms with Crippen LogP contribution >= 0.6 is 0 Å². The number of nitrogens with one attached hydrogen (secondary N) is 1. The Kier molecular flexibility index (Phi) is 11.8. The summed E-state index contributed by atoms with van der Waals surface area (Å²) in [5.41, 5.74) is 1.81. The van der Waals surface area contributed by atoms with Crippen molar-refractivity contribution in [2.75, 3.05) is 28.5 Å². The lowest BCUT2D eigenvalue weighted by Crippen LogP contribution is -2.29. The van der Waals surface area contributed by atoms with Gasteiger partial charge in [-0.1, -0.05) is 64.7 Å². The lowest BCUT2D eigenvalue weighted by Gasteiger charge is -2.28.